The predicted octanol–water partition coefficient (Wildman–Crippen LogP) is 5.78. The van der Waals surface area contributed by atoms with Crippen LogP contribution in [-0.2, 0) is 20.2 Å². The van der Waals surface area contributed by atoms with Crippen molar-refractivity contribution in [2.75, 3.05) is 20.0 Å². The number of azo groups is 2. The van der Waals surface area contributed by atoms with Gasteiger partial charge in [0.25, 0.3) is 20.2 Å². The fourth-order valence-corrected chi connectivity index (χ4v) is 5.02. The van der Waals surface area contributed by atoms with Crippen LogP contribution in [0.15, 0.2) is 84.8 Å². The van der Waals surface area contributed by atoms with Gasteiger partial charge in [-0.2, -0.15) is 27.1 Å². The Labute approximate surface area is 234 Å². The summed E-state index contributed by atoms with van der Waals surface area (Å²) < 4.78 is 77.2. The third-order valence-electron chi connectivity index (χ3n) is 5.83. The molecule has 0 fully saturated rings. The number of benzene rings is 4. The second-order valence-electron chi connectivity index (χ2n) is 8.54. The van der Waals surface area contributed by atoms with Crippen molar-refractivity contribution in [3.05, 3.63) is 60.2 Å². The molecule has 0 aromatic heterocycles. The van der Waals surface area contributed by atoms with Crippen molar-refractivity contribution in [1.29, 1.82) is 0 Å². The summed E-state index contributed by atoms with van der Waals surface area (Å²) >= 11 is 0. The van der Waals surface area contributed by atoms with Gasteiger partial charge in [-0.3, -0.25) is 9.11 Å². The zero-order valence-corrected chi connectivity index (χ0v) is 23.3. The summed E-state index contributed by atoms with van der Waals surface area (Å²) in [5.74, 6) is 0.0320. The minimum atomic E-state index is -5.01. The summed E-state index contributed by atoms with van der Waals surface area (Å²) in [4.78, 5) is -1.54. The number of aromatic hydroxyl groups is 1. The first kappa shape index (κ1) is 29.3. The summed E-state index contributed by atoms with van der Waals surface area (Å²) in [7, 11) is -6.83. The number of nitrogen functional groups attached to an aromatic ring is 1. The highest BCUT2D eigenvalue weighted by Gasteiger charge is 2.25. The molecule has 14 nitrogen and oxygen atoms in total. The molecule has 0 aliphatic carbocycles. The van der Waals surface area contributed by atoms with Crippen LogP contribution in [0.5, 0.6) is 17.2 Å². The van der Waals surface area contributed by atoms with Crippen molar-refractivity contribution in [2.45, 2.75) is 16.7 Å². The highest BCUT2D eigenvalue weighted by Crippen LogP contribution is 2.45. The molecule has 0 atom stereocenters. The highest BCUT2D eigenvalue weighted by molar-refractivity contribution is 7.86. The fraction of sp³-hybridized carbons (Fsp3) is 0.120. The van der Waals surface area contributed by atoms with Crippen LogP contribution in [-0.4, -0.2) is 45.3 Å². The van der Waals surface area contributed by atoms with Gasteiger partial charge in [-0.15, -0.1) is 10.2 Å². The van der Waals surface area contributed by atoms with Crippen LogP contribution >= 0.6 is 0 Å². The Morgan fingerprint density at radius 1 is 0.780 bits per heavy atom. The first-order chi connectivity index (χ1) is 19.2. The number of nitrogens with zero attached hydrogens (tertiary/aromatic N) is 4. The average molecular weight is 602 g/mol. The number of phenols is 1. The topological polar surface area (TPSA) is 223 Å². The molecule has 214 valence electrons. The Bertz CT molecular complexity index is 1940. The van der Waals surface area contributed by atoms with Crippen molar-refractivity contribution in [3.63, 3.8) is 0 Å². The van der Waals surface area contributed by atoms with Gasteiger partial charge in [0.1, 0.15) is 27.8 Å². The van der Waals surface area contributed by atoms with Crippen molar-refractivity contribution < 1.29 is 40.5 Å². The van der Waals surface area contributed by atoms with E-state index in [0.717, 1.165) is 18.2 Å². The smallest absolute Gasteiger partial charge is 0.296 e. The van der Waals surface area contributed by atoms with Crippen LogP contribution < -0.4 is 15.2 Å². The van der Waals surface area contributed by atoms with Crippen molar-refractivity contribution >= 4 is 59.4 Å². The molecule has 41 heavy (non-hydrogen) atoms. The number of anilines is 1. The Morgan fingerprint density at radius 2 is 1.44 bits per heavy atom. The first-order valence-electron chi connectivity index (χ1n) is 11.4. The first-order valence-corrected chi connectivity index (χ1v) is 14.3. The summed E-state index contributed by atoms with van der Waals surface area (Å²) in [5, 5.41) is 26.8. The van der Waals surface area contributed by atoms with Crippen molar-refractivity contribution in [2.24, 2.45) is 20.5 Å². The lowest BCUT2D eigenvalue weighted by molar-refractivity contribution is 0.415. The molecule has 4 aromatic rings. The Morgan fingerprint density at radius 3 is 2.02 bits per heavy atom. The summed E-state index contributed by atoms with van der Waals surface area (Å²) in [6, 6.07) is 12.5. The van der Waals surface area contributed by atoms with Crippen molar-refractivity contribution in [1.82, 2.24) is 0 Å². The molecule has 0 bridgehead atoms. The third kappa shape index (κ3) is 6.25. The zero-order valence-electron chi connectivity index (χ0n) is 21.7. The van der Waals surface area contributed by atoms with Crippen molar-refractivity contribution in [3.8, 4) is 17.2 Å². The average Bonchev–Trinajstić information content (AvgIpc) is 2.90. The lowest BCUT2D eigenvalue weighted by atomic mass is 10.1. The largest absolute Gasteiger partial charge is 0.505 e. The van der Waals surface area contributed by atoms with Crippen LogP contribution in [0.3, 0.4) is 0 Å². The molecule has 0 aliphatic rings. The summed E-state index contributed by atoms with van der Waals surface area (Å²) in [5.41, 5.74) is 6.62. The van der Waals surface area contributed by atoms with Crippen LogP contribution in [0.4, 0.5) is 28.4 Å². The summed E-state index contributed by atoms with van der Waals surface area (Å²) in [6.07, 6.45) is 0. The maximum Gasteiger partial charge on any atom is 0.296 e. The van der Waals surface area contributed by atoms with E-state index in [9.17, 15) is 31.0 Å². The molecular formula is C25H23N5O9S2. The lowest BCUT2D eigenvalue weighted by Gasteiger charge is -2.12. The number of hydrogen-bond acceptors (Lipinski definition) is 12. The maximum atomic E-state index is 12.2. The van der Waals surface area contributed by atoms with Crippen LogP contribution in [0.25, 0.3) is 10.8 Å². The van der Waals surface area contributed by atoms with E-state index in [1.54, 1.807) is 38.3 Å². The van der Waals surface area contributed by atoms with E-state index in [1.165, 1.54) is 19.2 Å². The van der Waals surface area contributed by atoms with Gasteiger partial charge in [-0.1, -0.05) is 0 Å². The Kier molecular flexibility index (Phi) is 7.94. The monoisotopic (exact) mass is 601 g/mol. The van der Waals surface area contributed by atoms with Gasteiger partial charge >= 0.3 is 0 Å². The molecule has 0 heterocycles. The number of nitrogens with two attached hydrogens (primary N) is 1. The molecule has 0 aliphatic heterocycles. The number of aryl methyl sites for hydroxylation is 1. The SMILES string of the molecule is COc1ccc(/N=N/c2cc(OC)c(/N=N/c3c(S(=O)(=O)O)cc4cc(S(=O)(=O)O)cc(N)c4c3O)cc2C)cc1. The highest BCUT2D eigenvalue weighted by atomic mass is 32.2. The second-order valence-corrected chi connectivity index (χ2v) is 11.4. The van der Waals surface area contributed by atoms with E-state index < -0.39 is 41.5 Å². The number of methoxy groups -OCH3 is 2. The molecule has 0 spiro atoms. The van der Waals surface area contributed by atoms with Gasteiger partial charge in [0.15, 0.2) is 5.75 Å². The van der Waals surface area contributed by atoms with E-state index in [0.29, 0.717) is 22.7 Å². The van der Waals surface area contributed by atoms with E-state index in [4.69, 9.17) is 15.2 Å². The molecule has 0 unspecified atom stereocenters. The predicted molar refractivity (Wildman–Crippen MR) is 149 cm³/mol. The van der Waals surface area contributed by atoms with Gasteiger partial charge in [-0.05, 0) is 66.4 Å². The molecule has 0 saturated carbocycles. The third-order valence-corrected chi connectivity index (χ3v) is 7.53. The quantitative estimate of drug-likeness (QED) is 0.108. The van der Waals surface area contributed by atoms with Gasteiger partial charge in [0, 0.05) is 17.1 Å². The Balaban J connectivity index is 1.80. The minimum Gasteiger partial charge on any atom is -0.505 e. The molecule has 5 N–H and O–H groups in total. The van der Waals surface area contributed by atoms with Gasteiger partial charge < -0.3 is 20.3 Å². The molecule has 0 saturated heterocycles. The molecular weight excluding hydrogens is 578 g/mol. The lowest BCUT2D eigenvalue weighted by Crippen LogP contribution is -2.02. The number of rotatable bonds is 8. The van der Waals surface area contributed by atoms with Crippen LogP contribution in [0.2, 0.25) is 0 Å². The molecule has 4 rings (SSSR count). The van der Waals surface area contributed by atoms with E-state index in [2.05, 4.69) is 20.5 Å². The van der Waals surface area contributed by atoms with E-state index in [-0.39, 0.29) is 27.9 Å². The number of fused-ring (bicyclic) bond motifs is 1. The standard InChI is InChI=1S/C25H23N5O9S2/c1-13-8-20(21(39-3)12-19(13)28-27-15-4-6-16(38-2)7-5-15)29-30-24-22(41(35,36)37)10-14-9-17(40(32,33)34)11-18(26)23(14)25(24)31/h4-12,31H,26H2,1-3H3,(H,32,33,34)(H,35,36,37)/b28-27+,30-29+. The van der Waals surface area contributed by atoms with Gasteiger partial charge in [-0.25, -0.2) is 0 Å². The van der Waals surface area contributed by atoms with Gasteiger partial charge in [0.05, 0.1) is 30.5 Å². The maximum absolute atomic E-state index is 12.2. The minimum absolute atomic E-state index is 0.115. The molecule has 4 aromatic carbocycles. The molecule has 16 heteroatoms. The van der Waals surface area contributed by atoms with Gasteiger partial charge in [0.2, 0.25) is 0 Å². The Hall–Kier alpha value is -4.64. The zero-order chi connectivity index (χ0) is 30.1. The number of phenolic OH excluding ortho intramolecular Hbond substituents is 1. The summed E-state index contributed by atoms with van der Waals surface area (Å²) in [6.45, 7) is 1.71. The fourth-order valence-electron chi connectivity index (χ4n) is 3.81. The normalized spacial score (nSPS) is 12.4. The van der Waals surface area contributed by atoms with E-state index >= 15 is 0 Å². The number of ether oxygens (including phenoxy) is 2. The van der Waals surface area contributed by atoms with E-state index in [1.807, 2.05) is 0 Å². The van der Waals surface area contributed by atoms with Crippen LogP contribution in [0.1, 0.15) is 5.56 Å². The molecule has 0 amide bonds. The molecule has 0 radical (unpaired) electrons. The second kappa shape index (κ2) is 11.1. The number of hydrogen-bond donors (Lipinski definition) is 4. The van der Waals surface area contributed by atoms with Crippen LogP contribution in [0, 0.1) is 6.92 Å².